The highest BCUT2D eigenvalue weighted by atomic mass is 16.4. The van der Waals surface area contributed by atoms with E-state index < -0.39 is 5.97 Å². The van der Waals surface area contributed by atoms with Gasteiger partial charge < -0.3 is 15.3 Å². The smallest absolute Gasteiger partial charge is 0.323 e. The summed E-state index contributed by atoms with van der Waals surface area (Å²) in [4.78, 5) is 24.0. The van der Waals surface area contributed by atoms with Crippen LogP contribution in [-0.2, 0) is 4.79 Å². The number of hydrogen-bond acceptors (Lipinski definition) is 2. The first-order valence-corrected chi connectivity index (χ1v) is 6.66. The van der Waals surface area contributed by atoms with E-state index in [1.165, 1.54) is 11.3 Å². The molecule has 1 aliphatic carbocycles. The Morgan fingerprint density at radius 1 is 1.39 bits per heavy atom. The molecule has 0 atom stereocenters. The highest BCUT2D eigenvalue weighted by Gasteiger charge is 2.35. The van der Waals surface area contributed by atoms with Crippen molar-refractivity contribution in [2.45, 2.75) is 52.5 Å². The number of carbonyl (C=O) groups is 2. The number of rotatable bonds is 6. The van der Waals surface area contributed by atoms with Crippen LogP contribution in [0.5, 0.6) is 0 Å². The van der Waals surface area contributed by atoms with E-state index in [0.29, 0.717) is 6.54 Å². The van der Waals surface area contributed by atoms with Crippen LogP contribution in [0.15, 0.2) is 0 Å². The number of urea groups is 1. The Morgan fingerprint density at radius 3 is 2.33 bits per heavy atom. The fraction of sp³-hybridized carbons (Fsp3) is 0.846. The molecule has 5 heteroatoms. The van der Waals surface area contributed by atoms with Gasteiger partial charge in [-0.1, -0.05) is 13.3 Å². The lowest BCUT2D eigenvalue weighted by Gasteiger charge is -2.42. The largest absolute Gasteiger partial charge is 0.480 e. The van der Waals surface area contributed by atoms with E-state index in [9.17, 15) is 9.59 Å². The topological polar surface area (TPSA) is 69.6 Å². The zero-order chi connectivity index (χ0) is 13.8. The third-order valence-electron chi connectivity index (χ3n) is 3.97. The lowest BCUT2D eigenvalue weighted by atomic mass is 9.67. The third-order valence-corrected chi connectivity index (χ3v) is 3.97. The van der Waals surface area contributed by atoms with Crippen molar-refractivity contribution in [1.82, 2.24) is 10.2 Å². The summed E-state index contributed by atoms with van der Waals surface area (Å²) in [6.07, 6.45) is 4.61. The Labute approximate surface area is 109 Å². The predicted octanol–water partition coefficient (Wildman–Crippen LogP) is 2.07. The quantitative estimate of drug-likeness (QED) is 0.764. The second kappa shape index (κ2) is 6.07. The normalized spacial score (nSPS) is 17.1. The third kappa shape index (κ3) is 3.62. The van der Waals surface area contributed by atoms with Crippen molar-refractivity contribution in [2.24, 2.45) is 5.41 Å². The van der Waals surface area contributed by atoms with Crippen molar-refractivity contribution in [3.05, 3.63) is 0 Å². The van der Waals surface area contributed by atoms with E-state index in [0.717, 1.165) is 19.3 Å². The van der Waals surface area contributed by atoms with Gasteiger partial charge in [0.1, 0.15) is 6.54 Å². The average Bonchev–Trinajstić information content (AvgIpc) is 2.24. The molecule has 0 radical (unpaired) electrons. The zero-order valence-electron chi connectivity index (χ0n) is 11.5. The molecule has 2 N–H and O–H groups in total. The molecule has 2 amide bonds. The number of nitrogens with one attached hydrogen (secondary N) is 1. The lowest BCUT2D eigenvalue weighted by molar-refractivity contribution is -0.138. The van der Waals surface area contributed by atoms with Crippen LogP contribution in [0.2, 0.25) is 0 Å². The number of aliphatic carboxylic acids is 1. The highest BCUT2D eigenvalue weighted by Crippen LogP contribution is 2.43. The maximum Gasteiger partial charge on any atom is 0.323 e. The van der Waals surface area contributed by atoms with Gasteiger partial charge in [-0.2, -0.15) is 0 Å². The average molecular weight is 256 g/mol. The number of amides is 2. The SMILES string of the molecule is CCC1(CNC(=O)N(CC(=O)O)C(C)C)CCC1. The summed E-state index contributed by atoms with van der Waals surface area (Å²) in [5.41, 5.74) is 0.252. The predicted molar refractivity (Wildman–Crippen MR) is 69.5 cm³/mol. The summed E-state index contributed by atoms with van der Waals surface area (Å²) in [7, 11) is 0. The van der Waals surface area contributed by atoms with Crippen molar-refractivity contribution < 1.29 is 14.7 Å². The van der Waals surface area contributed by atoms with Gasteiger partial charge in [-0.15, -0.1) is 0 Å². The van der Waals surface area contributed by atoms with Crippen LogP contribution in [0, 0.1) is 5.41 Å². The minimum atomic E-state index is -0.979. The van der Waals surface area contributed by atoms with Gasteiger partial charge in [0.15, 0.2) is 0 Å². The van der Waals surface area contributed by atoms with Crippen molar-refractivity contribution >= 4 is 12.0 Å². The van der Waals surface area contributed by atoms with Gasteiger partial charge in [-0.25, -0.2) is 4.79 Å². The number of carboxylic acid groups (broad SMARTS) is 1. The zero-order valence-corrected chi connectivity index (χ0v) is 11.5. The van der Waals surface area contributed by atoms with Crippen molar-refractivity contribution in [3.63, 3.8) is 0 Å². The Kier molecular flexibility index (Phi) is 4.99. The van der Waals surface area contributed by atoms with Gasteiger partial charge in [0.2, 0.25) is 0 Å². The Bertz CT molecular complexity index is 306. The maximum absolute atomic E-state index is 12.0. The summed E-state index contributed by atoms with van der Waals surface area (Å²) < 4.78 is 0. The molecule has 0 aromatic heterocycles. The van der Waals surface area contributed by atoms with E-state index in [-0.39, 0.29) is 24.0 Å². The van der Waals surface area contributed by atoms with E-state index in [4.69, 9.17) is 5.11 Å². The van der Waals surface area contributed by atoms with E-state index in [2.05, 4.69) is 12.2 Å². The van der Waals surface area contributed by atoms with E-state index in [1.54, 1.807) is 0 Å². The molecule has 0 aromatic rings. The number of carbonyl (C=O) groups excluding carboxylic acids is 1. The van der Waals surface area contributed by atoms with Crippen molar-refractivity contribution in [2.75, 3.05) is 13.1 Å². The van der Waals surface area contributed by atoms with E-state index >= 15 is 0 Å². The Hall–Kier alpha value is -1.26. The molecule has 1 aliphatic rings. The molecule has 1 saturated carbocycles. The van der Waals surface area contributed by atoms with Gasteiger partial charge in [0.25, 0.3) is 0 Å². The van der Waals surface area contributed by atoms with Crippen LogP contribution in [0.3, 0.4) is 0 Å². The van der Waals surface area contributed by atoms with Gasteiger partial charge in [0, 0.05) is 12.6 Å². The molecule has 0 aliphatic heterocycles. The summed E-state index contributed by atoms with van der Waals surface area (Å²) in [5.74, 6) is -0.979. The van der Waals surface area contributed by atoms with Gasteiger partial charge in [-0.05, 0) is 38.5 Å². The molecule has 104 valence electrons. The Balaban J connectivity index is 2.48. The summed E-state index contributed by atoms with van der Waals surface area (Å²) >= 11 is 0. The van der Waals surface area contributed by atoms with Crippen LogP contribution in [0.25, 0.3) is 0 Å². The molecule has 0 unspecified atom stereocenters. The molecule has 0 bridgehead atoms. The van der Waals surface area contributed by atoms with Crippen LogP contribution in [0.4, 0.5) is 4.79 Å². The molecule has 0 heterocycles. The molecule has 0 spiro atoms. The first kappa shape index (κ1) is 14.8. The molecule has 1 rings (SSSR count). The lowest BCUT2D eigenvalue weighted by Crippen LogP contribution is -2.50. The molecular weight excluding hydrogens is 232 g/mol. The molecule has 0 aromatic carbocycles. The molecule has 18 heavy (non-hydrogen) atoms. The van der Waals surface area contributed by atoms with Crippen molar-refractivity contribution in [3.8, 4) is 0 Å². The molecule has 5 nitrogen and oxygen atoms in total. The summed E-state index contributed by atoms with van der Waals surface area (Å²) in [6, 6.07) is -0.382. The second-order valence-corrected chi connectivity index (χ2v) is 5.48. The summed E-state index contributed by atoms with van der Waals surface area (Å²) in [5, 5.41) is 11.7. The first-order valence-electron chi connectivity index (χ1n) is 6.66. The molecule has 1 fully saturated rings. The minimum absolute atomic E-state index is 0.111. The van der Waals surface area contributed by atoms with Crippen LogP contribution in [-0.4, -0.2) is 41.1 Å². The summed E-state index contributed by atoms with van der Waals surface area (Å²) in [6.45, 7) is 6.19. The number of nitrogens with zero attached hydrogens (tertiary/aromatic N) is 1. The molecule has 0 saturated heterocycles. The Morgan fingerprint density at radius 2 is 2.00 bits per heavy atom. The van der Waals surface area contributed by atoms with E-state index in [1.807, 2.05) is 13.8 Å². The van der Waals surface area contributed by atoms with Crippen molar-refractivity contribution in [1.29, 1.82) is 0 Å². The number of hydrogen-bond donors (Lipinski definition) is 2. The highest BCUT2D eigenvalue weighted by molar-refractivity contribution is 5.80. The maximum atomic E-state index is 12.0. The van der Waals surface area contributed by atoms with Gasteiger partial charge in [0.05, 0.1) is 0 Å². The second-order valence-electron chi connectivity index (χ2n) is 5.48. The standard InChI is InChI=1S/C13H24N2O3/c1-4-13(6-5-7-13)9-14-12(18)15(10(2)3)8-11(16)17/h10H,4-9H2,1-3H3,(H,14,18)(H,16,17). The fourth-order valence-electron chi connectivity index (χ4n) is 2.33. The van der Waals surface area contributed by atoms with Crippen LogP contribution < -0.4 is 5.32 Å². The first-order chi connectivity index (χ1) is 8.40. The van der Waals surface area contributed by atoms with Gasteiger partial charge in [-0.3, -0.25) is 4.79 Å². The number of carboxylic acids is 1. The molecular formula is C13H24N2O3. The van der Waals surface area contributed by atoms with Gasteiger partial charge >= 0.3 is 12.0 Å². The van der Waals surface area contributed by atoms with Crippen LogP contribution >= 0.6 is 0 Å². The fourth-order valence-corrected chi connectivity index (χ4v) is 2.33. The van der Waals surface area contributed by atoms with Crippen LogP contribution in [0.1, 0.15) is 46.5 Å². The monoisotopic (exact) mass is 256 g/mol. The minimum Gasteiger partial charge on any atom is -0.480 e.